The second kappa shape index (κ2) is 13.2. The molecule has 0 aromatic rings. The van der Waals surface area contributed by atoms with E-state index in [1.807, 2.05) is 44.9 Å². The van der Waals surface area contributed by atoms with Crippen LogP contribution in [-0.4, -0.2) is 44.7 Å². The summed E-state index contributed by atoms with van der Waals surface area (Å²) in [7, 11) is -5.26. The van der Waals surface area contributed by atoms with Gasteiger partial charge in [0.25, 0.3) is 0 Å². The van der Waals surface area contributed by atoms with Crippen LogP contribution in [0, 0.1) is 0 Å². The Kier molecular flexibility index (Phi) is 12.3. The Balaban J connectivity index is 0.000000648. The van der Waals surface area contributed by atoms with E-state index in [0.717, 1.165) is 30.5 Å². The van der Waals surface area contributed by atoms with Crippen LogP contribution in [0.25, 0.3) is 0 Å². The van der Waals surface area contributed by atoms with Gasteiger partial charge in [0.1, 0.15) is 6.79 Å². The summed E-state index contributed by atoms with van der Waals surface area (Å²) in [5.74, 6) is 0. The summed E-state index contributed by atoms with van der Waals surface area (Å²) < 4.78 is 61.2. The van der Waals surface area contributed by atoms with Gasteiger partial charge in [-0.2, -0.15) is 17.5 Å². The zero-order valence-corrected chi connectivity index (χ0v) is 18.6. The van der Waals surface area contributed by atoms with Gasteiger partial charge in [0.2, 0.25) is 0 Å². The topological polar surface area (TPSA) is 66.5 Å². The molecule has 1 N–H and O–H groups in total. The third-order valence-corrected chi connectivity index (χ3v) is 6.10. The maximum atomic E-state index is 12.6. The van der Waals surface area contributed by atoms with E-state index in [9.17, 15) is 21.6 Å². The van der Waals surface area contributed by atoms with Gasteiger partial charge in [0.15, 0.2) is 0 Å². The molecule has 0 radical (unpaired) electrons. The van der Waals surface area contributed by atoms with Crippen LogP contribution < -0.4 is 5.32 Å². The first-order chi connectivity index (χ1) is 14.1. The maximum Gasteiger partial charge on any atom is 0.511 e. The fourth-order valence-electron chi connectivity index (χ4n) is 2.81. The molecule has 0 amide bonds. The quantitative estimate of drug-likeness (QED) is 0.637. The Labute approximate surface area is 177 Å². The number of carbonyl (C=O) groups is 1. The summed E-state index contributed by atoms with van der Waals surface area (Å²) in [6, 6.07) is 0. The lowest BCUT2D eigenvalue weighted by molar-refractivity contribution is -0.0980. The van der Waals surface area contributed by atoms with Gasteiger partial charge in [-0.1, -0.05) is 49.5 Å². The average Bonchev–Trinajstić information content (AvgIpc) is 2.94. The number of hydrogen-bond acceptors (Lipinski definition) is 4. The fraction of sp³-hybridized carbons (Fsp3) is 0.476. The normalized spacial score (nSPS) is 18.1. The molecule has 1 heterocycles. The van der Waals surface area contributed by atoms with Gasteiger partial charge < -0.3 is 10.1 Å². The third-order valence-electron chi connectivity index (χ3n) is 4.52. The molecule has 0 unspecified atom stereocenters. The first kappa shape index (κ1) is 27.9. The number of fused-ring (bicyclic) bond motifs is 1. The summed E-state index contributed by atoms with van der Waals surface area (Å²) >= 11 is 0. The van der Waals surface area contributed by atoms with Gasteiger partial charge in [-0.3, -0.25) is 0 Å². The van der Waals surface area contributed by atoms with Crippen molar-refractivity contribution in [3.63, 3.8) is 0 Å². The van der Waals surface area contributed by atoms with Crippen LogP contribution in [-0.2, 0) is 14.8 Å². The molecule has 5 nitrogen and oxygen atoms in total. The molecule has 2 aliphatic rings. The molecular formula is C21H31F3N2O3S. The maximum absolute atomic E-state index is 12.6. The van der Waals surface area contributed by atoms with Crippen molar-refractivity contribution in [2.75, 3.05) is 19.6 Å². The van der Waals surface area contributed by atoms with Crippen molar-refractivity contribution in [3.8, 4) is 0 Å². The van der Waals surface area contributed by atoms with Crippen LogP contribution in [0.2, 0.25) is 0 Å². The molecule has 0 atom stereocenters. The van der Waals surface area contributed by atoms with E-state index in [0.29, 0.717) is 9.88 Å². The van der Waals surface area contributed by atoms with Crippen molar-refractivity contribution >= 4 is 16.8 Å². The Morgan fingerprint density at radius 2 is 1.97 bits per heavy atom. The minimum Gasteiger partial charge on any atom is -0.384 e. The molecule has 0 aromatic heterocycles. The van der Waals surface area contributed by atoms with Crippen LogP contribution in [0.4, 0.5) is 13.2 Å². The van der Waals surface area contributed by atoms with Crippen LogP contribution in [0.1, 0.15) is 40.0 Å². The number of hydrogen-bond donors (Lipinski definition) is 1. The van der Waals surface area contributed by atoms with Gasteiger partial charge in [-0.05, 0) is 44.3 Å². The van der Waals surface area contributed by atoms with Gasteiger partial charge in [0.05, 0.1) is 0 Å². The van der Waals surface area contributed by atoms with E-state index in [4.69, 9.17) is 4.79 Å². The molecule has 0 aromatic carbocycles. The molecule has 170 valence electrons. The first-order valence-corrected chi connectivity index (χ1v) is 10.9. The van der Waals surface area contributed by atoms with E-state index in [-0.39, 0.29) is 19.6 Å². The van der Waals surface area contributed by atoms with E-state index < -0.39 is 15.5 Å². The van der Waals surface area contributed by atoms with Crippen molar-refractivity contribution in [1.82, 2.24) is 9.62 Å². The van der Waals surface area contributed by atoms with Crippen LogP contribution >= 0.6 is 0 Å². The minimum atomic E-state index is -5.26. The lowest BCUT2D eigenvalue weighted by Crippen LogP contribution is -2.42. The zero-order valence-electron chi connectivity index (χ0n) is 17.8. The first-order valence-electron chi connectivity index (χ1n) is 9.51. The fourth-order valence-corrected chi connectivity index (χ4v) is 3.73. The molecule has 1 fully saturated rings. The van der Waals surface area contributed by atoms with Gasteiger partial charge in [-0.25, -0.2) is 8.42 Å². The molecule has 0 bridgehead atoms. The van der Waals surface area contributed by atoms with Gasteiger partial charge in [0, 0.05) is 25.3 Å². The number of alkyl halides is 3. The van der Waals surface area contributed by atoms with E-state index in [1.54, 1.807) is 0 Å². The van der Waals surface area contributed by atoms with Crippen molar-refractivity contribution in [1.29, 1.82) is 0 Å². The molecule has 1 aliphatic carbocycles. The smallest absolute Gasteiger partial charge is 0.384 e. The summed E-state index contributed by atoms with van der Waals surface area (Å²) in [5.41, 5.74) is -1.59. The second-order valence-electron chi connectivity index (χ2n) is 6.45. The molecule has 2 rings (SSSR count). The standard InChI is InChI=1S/C11H15F3N2O2S.C9H14.CH2O/c1-8-3-2-4-10-9(8)7-16(6-5-15-10)19(17,18)11(12,13)14;1-4-7-8-9(5-2)6-3;1-2/h4,15H,2-3,5-7H2,1H3;4-5,7-8H,2,6H2,1,3H3;1H2/b;7-4-,9-8+;. The number of nitrogens with one attached hydrogen (secondary N) is 1. The summed E-state index contributed by atoms with van der Waals surface area (Å²) in [4.78, 5) is 8.00. The number of allylic oxidation sites excluding steroid dienone is 7. The van der Waals surface area contributed by atoms with E-state index >= 15 is 0 Å². The predicted molar refractivity (Wildman–Crippen MR) is 115 cm³/mol. The number of halogens is 3. The molecular weight excluding hydrogens is 417 g/mol. The average molecular weight is 449 g/mol. The van der Waals surface area contributed by atoms with Crippen LogP contribution in [0.3, 0.4) is 0 Å². The monoisotopic (exact) mass is 448 g/mol. The zero-order chi connectivity index (χ0) is 23.4. The molecule has 0 spiro atoms. The Hall–Kier alpha value is -2.13. The molecule has 30 heavy (non-hydrogen) atoms. The second-order valence-corrected chi connectivity index (χ2v) is 8.38. The number of carbonyl (C=O) groups excluding carboxylic acids is 1. The van der Waals surface area contributed by atoms with Crippen molar-refractivity contribution < 1.29 is 26.4 Å². The SMILES string of the molecule is C=C/C(=C\C=C/C)CC.C=O.CC1=C2CN(S(=O)(=O)C(F)(F)F)CCNC2=CCC1. The van der Waals surface area contributed by atoms with Crippen LogP contribution in [0.15, 0.2) is 59.4 Å². The Bertz CT molecular complexity index is 795. The summed E-state index contributed by atoms with van der Waals surface area (Å²) in [5, 5.41) is 3.00. The van der Waals surface area contributed by atoms with Crippen molar-refractivity contribution in [2.45, 2.75) is 45.5 Å². The molecule has 0 saturated carbocycles. The van der Waals surface area contributed by atoms with Gasteiger partial charge in [-0.15, -0.1) is 0 Å². The van der Waals surface area contributed by atoms with Gasteiger partial charge >= 0.3 is 15.5 Å². The lowest BCUT2D eigenvalue weighted by atomic mass is 9.96. The minimum absolute atomic E-state index is 0.178. The highest BCUT2D eigenvalue weighted by atomic mass is 32.2. The molecule has 1 aliphatic heterocycles. The third kappa shape index (κ3) is 7.95. The highest BCUT2D eigenvalue weighted by Crippen LogP contribution is 2.31. The highest BCUT2D eigenvalue weighted by molar-refractivity contribution is 7.90. The molecule has 9 heteroatoms. The van der Waals surface area contributed by atoms with E-state index in [1.165, 1.54) is 5.57 Å². The summed E-state index contributed by atoms with van der Waals surface area (Å²) in [6.45, 7) is 11.4. The van der Waals surface area contributed by atoms with E-state index in [2.05, 4.69) is 24.9 Å². The highest BCUT2D eigenvalue weighted by Gasteiger charge is 2.50. The number of nitrogens with zero attached hydrogens (tertiary/aromatic N) is 1. The number of sulfonamides is 1. The molecule has 1 saturated heterocycles. The van der Waals surface area contributed by atoms with Crippen molar-refractivity contribution in [2.24, 2.45) is 0 Å². The Morgan fingerprint density at radius 1 is 1.33 bits per heavy atom. The van der Waals surface area contributed by atoms with Crippen LogP contribution in [0.5, 0.6) is 0 Å². The predicted octanol–water partition coefficient (Wildman–Crippen LogP) is 4.64. The largest absolute Gasteiger partial charge is 0.511 e. The Morgan fingerprint density at radius 3 is 2.47 bits per heavy atom. The summed E-state index contributed by atoms with van der Waals surface area (Å²) in [6.07, 6.45) is 12.6. The van der Waals surface area contributed by atoms with Crippen molar-refractivity contribution in [3.05, 3.63) is 59.4 Å². The lowest BCUT2D eigenvalue weighted by Gasteiger charge is -2.23. The number of rotatable bonds is 4.